The summed E-state index contributed by atoms with van der Waals surface area (Å²) in [4.78, 5) is 14.7. The number of ether oxygens (including phenoxy) is 2. The molecule has 0 unspecified atom stereocenters. The fraction of sp³-hybridized carbons (Fsp3) is 0.125. The molecule has 0 N–H and O–H groups in total. The van der Waals surface area contributed by atoms with Crippen LogP contribution in [-0.2, 0) is 11.3 Å². The van der Waals surface area contributed by atoms with Crippen molar-refractivity contribution in [1.29, 1.82) is 0 Å². The van der Waals surface area contributed by atoms with E-state index in [2.05, 4.69) is 0 Å². The molecule has 0 atom stereocenters. The lowest BCUT2D eigenvalue weighted by Gasteiger charge is -2.14. The van der Waals surface area contributed by atoms with Gasteiger partial charge < -0.3 is 13.9 Å². The van der Waals surface area contributed by atoms with E-state index in [4.69, 9.17) is 26.1 Å². The van der Waals surface area contributed by atoms with Crippen molar-refractivity contribution in [3.05, 3.63) is 52.8 Å². The molecule has 2 aliphatic rings. The number of nitrogens with zero attached hydrogens (tertiary/aromatic N) is 1. The maximum Gasteiger partial charge on any atom is 0.266 e. The minimum atomic E-state index is -0.117. The van der Waals surface area contributed by atoms with Gasteiger partial charge in [-0.3, -0.25) is 9.69 Å². The van der Waals surface area contributed by atoms with Crippen molar-refractivity contribution in [2.75, 3.05) is 6.79 Å². The minimum Gasteiger partial charge on any atom is -0.465 e. The summed E-state index contributed by atoms with van der Waals surface area (Å²) >= 11 is 6.61. The number of hydrogen-bond donors (Lipinski definition) is 0. The van der Waals surface area contributed by atoms with Crippen molar-refractivity contribution in [3.63, 3.8) is 0 Å². The first-order valence-electron chi connectivity index (χ1n) is 6.88. The van der Waals surface area contributed by atoms with Crippen LogP contribution in [0.15, 0.2) is 45.9 Å². The van der Waals surface area contributed by atoms with Crippen LogP contribution in [-0.4, -0.2) is 21.9 Å². The number of thioether (sulfide) groups is 1. The van der Waals surface area contributed by atoms with Gasteiger partial charge in [0.05, 0.1) is 17.7 Å². The largest absolute Gasteiger partial charge is 0.465 e. The predicted octanol–water partition coefficient (Wildman–Crippen LogP) is 3.41. The second-order valence-electron chi connectivity index (χ2n) is 4.97. The molecule has 0 radical (unpaired) electrons. The van der Waals surface area contributed by atoms with Gasteiger partial charge in [-0.2, -0.15) is 0 Å². The van der Waals surface area contributed by atoms with Gasteiger partial charge in [0.25, 0.3) is 5.91 Å². The Hall–Kier alpha value is -2.25. The Bertz CT molecular complexity index is 813. The summed E-state index contributed by atoms with van der Waals surface area (Å²) in [6.07, 6.45) is 3.28. The molecule has 1 aromatic heterocycles. The van der Waals surface area contributed by atoms with Gasteiger partial charge in [0.1, 0.15) is 10.1 Å². The highest BCUT2D eigenvalue weighted by Gasteiger charge is 2.32. The van der Waals surface area contributed by atoms with Crippen molar-refractivity contribution in [3.8, 4) is 11.5 Å². The molecule has 23 heavy (non-hydrogen) atoms. The number of carbonyl (C=O) groups excluding carboxylic acids is 1. The van der Waals surface area contributed by atoms with Crippen LogP contribution in [0.3, 0.4) is 0 Å². The number of fused-ring (bicyclic) bond motifs is 1. The molecule has 7 heteroatoms. The van der Waals surface area contributed by atoms with E-state index >= 15 is 0 Å². The molecular formula is C16H11NO4S2. The van der Waals surface area contributed by atoms with E-state index in [1.807, 2.05) is 18.2 Å². The number of carbonyl (C=O) groups is 1. The van der Waals surface area contributed by atoms with E-state index in [1.165, 1.54) is 11.8 Å². The lowest BCUT2D eigenvalue weighted by molar-refractivity contribution is -0.122. The lowest BCUT2D eigenvalue weighted by atomic mass is 10.2. The van der Waals surface area contributed by atoms with E-state index in [-0.39, 0.29) is 12.7 Å². The molecular weight excluding hydrogens is 334 g/mol. The molecule has 2 aliphatic heterocycles. The van der Waals surface area contributed by atoms with Crippen LogP contribution in [0.1, 0.15) is 11.3 Å². The summed E-state index contributed by atoms with van der Waals surface area (Å²) in [7, 11) is 0. The fourth-order valence-corrected chi connectivity index (χ4v) is 3.60. The van der Waals surface area contributed by atoms with Gasteiger partial charge in [0, 0.05) is 6.08 Å². The third-order valence-electron chi connectivity index (χ3n) is 3.47. The summed E-state index contributed by atoms with van der Waals surface area (Å²) in [6.45, 7) is 0.628. The highest BCUT2D eigenvalue weighted by molar-refractivity contribution is 8.26. The first-order valence-corrected chi connectivity index (χ1v) is 8.10. The zero-order valence-electron chi connectivity index (χ0n) is 11.9. The average molecular weight is 345 g/mol. The van der Waals surface area contributed by atoms with Crippen molar-refractivity contribution < 1.29 is 18.7 Å². The quantitative estimate of drug-likeness (QED) is 0.628. The van der Waals surface area contributed by atoms with Crippen molar-refractivity contribution in [1.82, 2.24) is 4.90 Å². The Morgan fingerprint density at radius 1 is 1.26 bits per heavy atom. The van der Waals surface area contributed by atoms with Gasteiger partial charge in [0.2, 0.25) is 6.79 Å². The Labute approximate surface area is 141 Å². The maximum absolute atomic E-state index is 12.5. The average Bonchev–Trinajstić information content (AvgIpc) is 3.25. The number of rotatable bonds is 3. The standard InChI is InChI=1S/C16H11NO4S2/c18-15-14(7-11-2-1-5-19-11)23-16(22)17(15)8-10-3-4-12-13(6-10)21-9-20-12/h1-7H,8-9H2/b14-7-. The summed E-state index contributed by atoms with van der Waals surface area (Å²) in [5.41, 5.74) is 0.935. The zero-order chi connectivity index (χ0) is 15.8. The molecule has 0 aliphatic carbocycles. The first-order chi connectivity index (χ1) is 11.2. The van der Waals surface area contributed by atoms with Crippen LogP contribution in [0, 0.1) is 0 Å². The van der Waals surface area contributed by atoms with Crippen LogP contribution in [0.5, 0.6) is 11.5 Å². The summed E-state index contributed by atoms with van der Waals surface area (Å²) in [5.74, 6) is 1.93. The maximum atomic E-state index is 12.5. The number of thiocarbonyl (C=S) groups is 1. The van der Waals surface area contributed by atoms with E-state index in [9.17, 15) is 4.79 Å². The van der Waals surface area contributed by atoms with Crippen LogP contribution in [0.25, 0.3) is 6.08 Å². The Morgan fingerprint density at radius 3 is 2.96 bits per heavy atom. The second kappa shape index (κ2) is 5.75. The summed E-state index contributed by atoms with van der Waals surface area (Å²) in [6, 6.07) is 9.19. The second-order valence-corrected chi connectivity index (χ2v) is 6.65. The van der Waals surface area contributed by atoms with E-state index in [0.717, 1.165) is 11.3 Å². The molecule has 0 bridgehead atoms. The molecule has 1 aromatic carbocycles. The molecule has 1 fully saturated rings. The number of hydrogen-bond acceptors (Lipinski definition) is 6. The number of amides is 1. The third-order valence-corrected chi connectivity index (χ3v) is 4.85. The SMILES string of the molecule is O=C1/C(=C/c2ccco2)SC(=S)N1Cc1ccc2c(c1)OCO2. The van der Waals surface area contributed by atoms with Crippen molar-refractivity contribution in [2.24, 2.45) is 0 Å². The molecule has 4 rings (SSSR count). The van der Waals surface area contributed by atoms with E-state index in [1.54, 1.807) is 29.4 Å². The van der Waals surface area contributed by atoms with Gasteiger partial charge in [-0.25, -0.2) is 0 Å². The Kier molecular flexibility index (Phi) is 3.59. The number of furan rings is 1. The topological polar surface area (TPSA) is 51.9 Å². The van der Waals surface area contributed by atoms with Crippen LogP contribution in [0.4, 0.5) is 0 Å². The fourth-order valence-electron chi connectivity index (χ4n) is 2.36. The van der Waals surface area contributed by atoms with Crippen LogP contribution < -0.4 is 9.47 Å². The van der Waals surface area contributed by atoms with Gasteiger partial charge in [-0.05, 0) is 29.8 Å². The van der Waals surface area contributed by atoms with E-state index in [0.29, 0.717) is 27.3 Å². The molecule has 0 spiro atoms. The molecule has 1 amide bonds. The third kappa shape index (κ3) is 2.73. The van der Waals surface area contributed by atoms with Crippen LogP contribution >= 0.6 is 24.0 Å². The molecule has 116 valence electrons. The molecule has 5 nitrogen and oxygen atoms in total. The molecule has 1 saturated heterocycles. The van der Waals surface area contributed by atoms with Crippen molar-refractivity contribution >= 4 is 40.3 Å². The van der Waals surface area contributed by atoms with Gasteiger partial charge >= 0.3 is 0 Å². The molecule has 2 aromatic rings. The summed E-state index contributed by atoms with van der Waals surface area (Å²) < 4.78 is 16.4. The number of benzene rings is 1. The first kappa shape index (κ1) is 14.3. The lowest BCUT2D eigenvalue weighted by Crippen LogP contribution is -2.27. The monoisotopic (exact) mass is 345 g/mol. The molecule has 3 heterocycles. The Balaban J connectivity index is 1.55. The van der Waals surface area contributed by atoms with Gasteiger partial charge in [-0.15, -0.1) is 0 Å². The van der Waals surface area contributed by atoms with Gasteiger partial charge in [-0.1, -0.05) is 30.0 Å². The van der Waals surface area contributed by atoms with Crippen molar-refractivity contribution in [2.45, 2.75) is 6.54 Å². The zero-order valence-corrected chi connectivity index (χ0v) is 13.5. The highest BCUT2D eigenvalue weighted by atomic mass is 32.2. The molecule has 0 saturated carbocycles. The predicted molar refractivity (Wildman–Crippen MR) is 90.0 cm³/mol. The minimum absolute atomic E-state index is 0.117. The van der Waals surface area contributed by atoms with Gasteiger partial charge in [0.15, 0.2) is 11.5 Å². The Morgan fingerprint density at radius 2 is 2.13 bits per heavy atom. The smallest absolute Gasteiger partial charge is 0.266 e. The summed E-state index contributed by atoms with van der Waals surface area (Å²) in [5, 5.41) is 0. The highest BCUT2D eigenvalue weighted by Crippen LogP contribution is 2.36. The normalized spacial score (nSPS) is 18.3. The van der Waals surface area contributed by atoms with E-state index < -0.39 is 0 Å². The van der Waals surface area contributed by atoms with Crippen LogP contribution in [0.2, 0.25) is 0 Å².